The summed E-state index contributed by atoms with van der Waals surface area (Å²) in [6, 6.07) is 10.5. The highest BCUT2D eigenvalue weighted by Gasteiger charge is 2.36. The van der Waals surface area contributed by atoms with Gasteiger partial charge >= 0.3 is 0 Å². The summed E-state index contributed by atoms with van der Waals surface area (Å²) in [5, 5.41) is 14.0. The molecule has 1 fully saturated rings. The smallest absolute Gasteiger partial charge is 0.0910 e. The number of hydrogen-bond acceptors (Lipinski definition) is 3. The van der Waals surface area contributed by atoms with Crippen molar-refractivity contribution in [2.24, 2.45) is 0 Å². The van der Waals surface area contributed by atoms with Crippen LogP contribution in [0, 0.1) is 0 Å². The monoisotopic (exact) mass is 262 g/mol. The van der Waals surface area contributed by atoms with E-state index >= 15 is 0 Å². The highest BCUT2D eigenvalue weighted by Crippen LogP contribution is 2.23. The molecular weight excluding hydrogens is 236 g/mol. The average molecular weight is 262 g/mol. The van der Waals surface area contributed by atoms with Gasteiger partial charge in [0.15, 0.2) is 0 Å². The standard InChI is InChI=1S/C16H26N2O/c1-15(2,3)17-12-16(19)9-10-18(13-16)11-14-7-5-4-6-8-14/h4-8,17,19H,9-13H2,1-3H3. The number of nitrogens with one attached hydrogen (secondary N) is 1. The Bertz CT molecular complexity index is 399. The van der Waals surface area contributed by atoms with Crippen LogP contribution in [0.4, 0.5) is 0 Å². The molecule has 106 valence electrons. The fraction of sp³-hybridized carbons (Fsp3) is 0.625. The van der Waals surface area contributed by atoms with E-state index in [0.717, 1.165) is 26.1 Å². The molecule has 19 heavy (non-hydrogen) atoms. The van der Waals surface area contributed by atoms with Crippen molar-refractivity contribution in [3.05, 3.63) is 35.9 Å². The summed E-state index contributed by atoms with van der Waals surface area (Å²) in [6.07, 6.45) is 0.850. The Hall–Kier alpha value is -0.900. The van der Waals surface area contributed by atoms with Crippen molar-refractivity contribution in [1.29, 1.82) is 0 Å². The van der Waals surface area contributed by atoms with E-state index in [1.165, 1.54) is 5.56 Å². The molecule has 1 unspecified atom stereocenters. The van der Waals surface area contributed by atoms with Gasteiger partial charge in [-0.05, 0) is 32.8 Å². The van der Waals surface area contributed by atoms with Gasteiger partial charge in [-0.15, -0.1) is 0 Å². The Labute approximate surface area is 116 Å². The minimum absolute atomic E-state index is 0.0581. The van der Waals surface area contributed by atoms with Crippen LogP contribution in [0.25, 0.3) is 0 Å². The molecule has 0 amide bonds. The zero-order valence-corrected chi connectivity index (χ0v) is 12.3. The molecule has 1 saturated heterocycles. The number of β-amino-alcohol motifs (C(OH)–C–C–N with tert-alkyl or cyclic N) is 1. The van der Waals surface area contributed by atoms with Gasteiger partial charge in [-0.3, -0.25) is 4.90 Å². The molecule has 2 N–H and O–H groups in total. The van der Waals surface area contributed by atoms with Gasteiger partial charge in [-0.2, -0.15) is 0 Å². The van der Waals surface area contributed by atoms with E-state index in [0.29, 0.717) is 6.54 Å². The molecule has 0 aliphatic carbocycles. The van der Waals surface area contributed by atoms with Crippen LogP contribution in [0.2, 0.25) is 0 Å². The van der Waals surface area contributed by atoms with E-state index in [4.69, 9.17) is 0 Å². The van der Waals surface area contributed by atoms with Crippen LogP contribution in [0.1, 0.15) is 32.8 Å². The fourth-order valence-electron chi connectivity index (χ4n) is 2.49. The summed E-state index contributed by atoms with van der Waals surface area (Å²) in [7, 11) is 0. The fourth-order valence-corrected chi connectivity index (χ4v) is 2.49. The molecule has 0 radical (unpaired) electrons. The van der Waals surface area contributed by atoms with E-state index in [2.05, 4.69) is 55.3 Å². The number of benzene rings is 1. The van der Waals surface area contributed by atoms with Crippen molar-refractivity contribution in [1.82, 2.24) is 10.2 Å². The summed E-state index contributed by atoms with van der Waals surface area (Å²) in [5.74, 6) is 0. The van der Waals surface area contributed by atoms with Gasteiger partial charge in [0, 0.05) is 31.7 Å². The Kier molecular flexibility index (Phi) is 4.29. The van der Waals surface area contributed by atoms with Gasteiger partial charge in [-0.1, -0.05) is 30.3 Å². The number of likely N-dealkylation sites (tertiary alicyclic amines) is 1. The molecule has 1 aliphatic rings. The largest absolute Gasteiger partial charge is 0.387 e. The Morgan fingerprint density at radius 3 is 2.58 bits per heavy atom. The third-order valence-electron chi connectivity index (χ3n) is 3.61. The molecule has 3 nitrogen and oxygen atoms in total. The van der Waals surface area contributed by atoms with Gasteiger partial charge < -0.3 is 10.4 Å². The molecule has 1 aliphatic heterocycles. The summed E-state index contributed by atoms with van der Waals surface area (Å²) in [4.78, 5) is 2.33. The second kappa shape index (κ2) is 5.61. The summed E-state index contributed by atoms with van der Waals surface area (Å²) in [6.45, 7) is 9.72. The predicted octanol–water partition coefficient (Wildman–Crippen LogP) is 2.01. The van der Waals surface area contributed by atoms with E-state index in [-0.39, 0.29) is 5.54 Å². The Morgan fingerprint density at radius 1 is 1.26 bits per heavy atom. The van der Waals surface area contributed by atoms with Crippen LogP contribution in [0.5, 0.6) is 0 Å². The SMILES string of the molecule is CC(C)(C)NCC1(O)CCN(Cc2ccccc2)C1. The first-order chi connectivity index (χ1) is 8.86. The summed E-state index contributed by atoms with van der Waals surface area (Å²) < 4.78 is 0. The van der Waals surface area contributed by atoms with Crippen LogP contribution in [-0.4, -0.2) is 40.8 Å². The van der Waals surface area contributed by atoms with Gasteiger partial charge in [-0.25, -0.2) is 0 Å². The van der Waals surface area contributed by atoms with Crippen LogP contribution < -0.4 is 5.32 Å². The van der Waals surface area contributed by atoms with Crippen LogP contribution in [-0.2, 0) is 6.54 Å². The highest BCUT2D eigenvalue weighted by atomic mass is 16.3. The van der Waals surface area contributed by atoms with Crippen molar-refractivity contribution < 1.29 is 5.11 Å². The maximum atomic E-state index is 10.6. The van der Waals surface area contributed by atoms with Crippen molar-refractivity contribution >= 4 is 0 Å². The third-order valence-corrected chi connectivity index (χ3v) is 3.61. The normalized spacial score (nSPS) is 24.8. The Morgan fingerprint density at radius 2 is 1.95 bits per heavy atom. The molecule has 0 spiro atoms. The zero-order valence-electron chi connectivity index (χ0n) is 12.3. The first-order valence-electron chi connectivity index (χ1n) is 7.10. The molecule has 1 aromatic rings. The van der Waals surface area contributed by atoms with Gasteiger partial charge in [0.25, 0.3) is 0 Å². The van der Waals surface area contributed by atoms with Crippen molar-refractivity contribution in [2.75, 3.05) is 19.6 Å². The van der Waals surface area contributed by atoms with Crippen LogP contribution in [0.3, 0.4) is 0 Å². The minimum atomic E-state index is -0.581. The number of hydrogen-bond donors (Lipinski definition) is 2. The van der Waals surface area contributed by atoms with Crippen molar-refractivity contribution in [3.63, 3.8) is 0 Å². The highest BCUT2D eigenvalue weighted by molar-refractivity contribution is 5.15. The van der Waals surface area contributed by atoms with Gasteiger partial charge in [0.1, 0.15) is 0 Å². The number of nitrogens with zero attached hydrogens (tertiary/aromatic N) is 1. The first kappa shape index (κ1) is 14.5. The van der Waals surface area contributed by atoms with Crippen LogP contribution >= 0.6 is 0 Å². The molecule has 1 heterocycles. The first-order valence-corrected chi connectivity index (χ1v) is 7.10. The third kappa shape index (κ3) is 4.60. The summed E-state index contributed by atoms with van der Waals surface area (Å²) >= 11 is 0. The molecule has 0 aromatic heterocycles. The molecular formula is C16H26N2O. The zero-order chi connectivity index (χ0) is 13.9. The van der Waals surface area contributed by atoms with Crippen molar-refractivity contribution in [2.45, 2.75) is 44.9 Å². The lowest BCUT2D eigenvalue weighted by molar-refractivity contribution is 0.0424. The molecule has 0 bridgehead atoms. The molecule has 0 saturated carbocycles. The topological polar surface area (TPSA) is 35.5 Å². The average Bonchev–Trinajstić information content (AvgIpc) is 2.70. The maximum Gasteiger partial charge on any atom is 0.0910 e. The van der Waals surface area contributed by atoms with Gasteiger partial charge in [0.2, 0.25) is 0 Å². The molecule has 2 rings (SSSR count). The molecule has 3 heteroatoms. The van der Waals surface area contributed by atoms with Crippen molar-refractivity contribution in [3.8, 4) is 0 Å². The second-order valence-electron chi connectivity index (χ2n) is 6.77. The molecule has 1 aromatic carbocycles. The van der Waals surface area contributed by atoms with E-state index in [1.807, 2.05) is 6.07 Å². The van der Waals surface area contributed by atoms with Gasteiger partial charge in [0.05, 0.1) is 5.60 Å². The van der Waals surface area contributed by atoms with Crippen LogP contribution in [0.15, 0.2) is 30.3 Å². The lowest BCUT2D eigenvalue weighted by Gasteiger charge is -2.29. The van der Waals surface area contributed by atoms with E-state index < -0.39 is 5.60 Å². The second-order valence-corrected chi connectivity index (χ2v) is 6.77. The number of rotatable bonds is 4. The minimum Gasteiger partial charge on any atom is -0.387 e. The lowest BCUT2D eigenvalue weighted by Crippen LogP contribution is -2.49. The predicted molar refractivity (Wildman–Crippen MR) is 79.0 cm³/mol. The lowest BCUT2D eigenvalue weighted by atomic mass is 10.0. The maximum absolute atomic E-state index is 10.6. The quantitative estimate of drug-likeness (QED) is 0.871. The number of aliphatic hydroxyl groups is 1. The molecule has 1 atom stereocenters. The Balaban J connectivity index is 1.85. The summed E-state index contributed by atoms with van der Waals surface area (Å²) in [5.41, 5.74) is 0.792. The van der Waals surface area contributed by atoms with E-state index in [9.17, 15) is 5.11 Å². The van der Waals surface area contributed by atoms with E-state index in [1.54, 1.807) is 0 Å².